The van der Waals surface area contributed by atoms with Crippen LogP contribution >= 0.6 is 0 Å². The van der Waals surface area contributed by atoms with E-state index in [9.17, 15) is 33.6 Å². The van der Waals surface area contributed by atoms with Crippen molar-refractivity contribution in [1.82, 2.24) is 35.8 Å². The van der Waals surface area contributed by atoms with E-state index in [1.54, 1.807) is 36.6 Å². The second-order valence-electron chi connectivity index (χ2n) is 14.1. The van der Waals surface area contributed by atoms with Crippen molar-refractivity contribution in [3.05, 3.63) is 84.1 Å². The van der Waals surface area contributed by atoms with Gasteiger partial charge in [-0.05, 0) is 74.7 Å². The van der Waals surface area contributed by atoms with Gasteiger partial charge >= 0.3 is 20.0 Å². The Morgan fingerprint density at radius 1 is 0.889 bits per heavy atom. The molecule has 4 rings (SSSR count). The third kappa shape index (κ3) is 14.0. The highest BCUT2D eigenvalue weighted by atomic mass is 16.7. The molecule has 2 aromatic carbocycles. The number of benzene rings is 2. The minimum absolute atomic E-state index is 0.0379. The Labute approximate surface area is 365 Å². The smallest absolute Gasteiger partial charge is 0.378 e. The molecule has 0 aliphatic heterocycles. The van der Waals surface area contributed by atoms with E-state index in [-0.39, 0.29) is 54.7 Å². The highest BCUT2D eigenvalue weighted by molar-refractivity contribution is 6.06. The van der Waals surface area contributed by atoms with E-state index in [1.165, 1.54) is 49.1 Å². The molecule has 3 N–H and O–H groups in total. The number of unbranched alkanes of at least 4 members (excludes halogenated alkanes) is 3. The summed E-state index contributed by atoms with van der Waals surface area (Å²) in [6, 6.07) is 11.7. The molecular formula is C43H52BN7O12. The van der Waals surface area contributed by atoms with Crippen LogP contribution in [0.2, 0.25) is 0 Å². The Kier molecular flexibility index (Phi) is 19.4. The monoisotopic (exact) mass is 869 g/mol. The van der Waals surface area contributed by atoms with Crippen LogP contribution in [-0.4, -0.2) is 102 Å². The molecule has 19 nitrogen and oxygen atoms in total. The molecule has 4 amide bonds. The van der Waals surface area contributed by atoms with E-state index in [1.807, 2.05) is 13.8 Å². The Balaban J connectivity index is 1.40. The molecular weight excluding hydrogens is 817 g/mol. The summed E-state index contributed by atoms with van der Waals surface area (Å²) in [5.41, 5.74) is 1.37. The average Bonchev–Trinajstić information content (AvgIpc) is 4.02. The lowest BCUT2D eigenvalue weighted by Crippen LogP contribution is -2.49. The number of aromatic nitrogens is 3. The number of nitrogens with zero attached hydrogens (tertiary/aromatic N) is 4. The van der Waals surface area contributed by atoms with Crippen molar-refractivity contribution in [2.45, 2.75) is 91.1 Å². The molecule has 0 aliphatic carbocycles. The number of nitrogens with one attached hydrogen (secondary N) is 3. The van der Waals surface area contributed by atoms with Crippen LogP contribution in [0.1, 0.15) is 110 Å². The van der Waals surface area contributed by atoms with Gasteiger partial charge in [0.05, 0.1) is 49.4 Å². The number of carbonyl (C=O) groups excluding carboxylic acids is 7. The van der Waals surface area contributed by atoms with Crippen molar-refractivity contribution in [2.24, 2.45) is 5.92 Å². The standard InChI is InChI=1S/C43H52BN7O12/c1-5-9-11-12-31(34(7-3)51(27-52)63-42(57)28-13-16-30(17-14-28)50-25-47-48-26-50)39(54)45-24-46-41(56)36-20-19-35(61-36)29-15-18-32(37(22-29)59-8-4)40(55)49-33(23-38(53)62-44)43(58)60-21-10-6-2/h13-20,22,25-27,31,33-34H,5-12,21,23-24H2,1-4H3,(H,45,54)(H,46,56)(H,49,55)/t31-,33+,34-/m1/s1. The SMILES string of the molecule is [B]OC(=O)C[C@H](NC(=O)c1ccc(-c2ccc(C(=O)NCNC(=O)[C@H](CCCCC)[C@@H](CC)N(C=O)OC(=O)c3ccc(-n4cnnc4)cc3)o2)cc1OCC)C(=O)OCCCC. The zero-order valence-electron chi connectivity index (χ0n) is 35.7. The fourth-order valence-electron chi connectivity index (χ4n) is 6.42. The number of ether oxygens (including phenoxy) is 2. The van der Waals surface area contributed by atoms with Crippen molar-refractivity contribution in [1.29, 1.82) is 0 Å². The van der Waals surface area contributed by atoms with Crippen LogP contribution in [0.25, 0.3) is 17.0 Å². The maximum atomic E-state index is 13.7. The first-order valence-electron chi connectivity index (χ1n) is 20.7. The summed E-state index contributed by atoms with van der Waals surface area (Å²) in [6.45, 7) is 7.38. The summed E-state index contributed by atoms with van der Waals surface area (Å²) in [6.07, 6.45) is 7.19. The summed E-state index contributed by atoms with van der Waals surface area (Å²) < 4.78 is 22.6. The molecule has 334 valence electrons. The molecule has 0 fully saturated rings. The molecule has 63 heavy (non-hydrogen) atoms. The largest absolute Gasteiger partial charge is 0.543 e. The molecule has 4 aromatic rings. The fraction of sp³-hybridized carbons (Fsp3) is 0.419. The maximum Gasteiger partial charge on any atom is 0.378 e. The van der Waals surface area contributed by atoms with Crippen molar-refractivity contribution in [3.8, 4) is 22.8 Å². The number of hydrogen-bond acceptors (Lipinski definition) is 14. The lowest BCUT2D eigenvalue weighted by molar-refractivity contribution is -0.171. The molecule has 0 unspecified atom stereocenters. The van der Waals surface area contributed by atoms with Crippen molar-refractivity contribution in [2.75, 3.05) is 19.9 Å². The van der Waals surface area contributed by atoms with E-state index in [0.29, 0.717) is 36.9 Å². The predicted octanol–water partition coefficient (Wildman–Crippen LogP) is 4.39. The molecule has 2 radical (unpaired) electrons. The summed E-state index contributed by atoms with van der Waals surface area (Å²) in [7, 11) is 4.96. The Hall–Kier alpha value is -6.99. The number of hydroxylamine groups is 2. The predicted molar refractivity (Wildman–Crippen MR) is 226 cm³/mol. The van der Waals surface area contributed by atoms with Crippen molar-refractivity contribution < 1.29 is 56.9 Å². The second kappa shape index (κ2) is 25.1. The molecule has 2 aromatic heterocycles. The van der Waals surface area contributed by atoms with Gasteiger partial charge in [-0.3, -0.25) is 28.5 Å². The van der Waals surface area contributed by atoms with Gasteiger partial charge in [0.1, 0.15) is 30.2 Å². The first-order chi connectivity index (χ1) is 30.5. The summed E-state index contributed by atoms with van der Waals surface area (Å²) in [5, 5.41) is 16.2. The van der Waals surface area contributed by atoms with Gasteiger partial charge in [0.15, 0.2) is 5.76 Å². The average molecular weight is 870 g/mol. The van der Waals surface area contributed by atoms with Gasteiger partial charge in [-0.1, -0.05) is 52.5 Å². The topological polar surface area (TPSA) is 240 Å². The van der Waals surface area contributed by atoms with Crippen LogP contribution in [0, 0.1) is 5.92 Å². The van der Waals surface area contributed by atoms with Gasteiger partial charge in [0, 0.05) is 11.3 Å². The number of carbonyl (C=O) groups is 7. The third-order valence-electron chi connectivity index (χ3n) is 9.76. The fourth-order valence-corrected chi connectivity index (χ4v) is 6.42. The van der Waals surface area contributed by atoms with Crippen LogP contribution in [0.3, 0.4) is 0 Å². The number of amides is 4. The Morgan fingerprint density at radius 3 is 2.27 bits per heavy atom. The normalized spacial score (nSPS) is 12.2. The van der Waals surface area contributed by atoms with Gasteiger partial charge in [0.2, 0.25) is 12.3 Å². The van der Waals surface area contributed by atoms with Crippen LogP contribution in [0.5, 0.6) is 5.75 Å². The summed E-state index contributed by atoms with van der Waals surface area (Å²) in [5.74, 6) is -4.92. The molecule has 0 saturated heterocycles. The Morgan fingerprint density at radius 2 is 1.62 bits per heavy atom. The summed E-state index contributed by atoms with van der Waals surface area (Å²) >= 11 is 0. The number of rotatable bonds is 26. The minimum Gasteiger partial charge on any atom is -0.543 e. The molecule has 0 bridgehead atoms. The van der Waals surface area contributed by atoms with E-state index < -0.39 is 60.1 Å². The van der Waals surface area contributed by atoms with Gasteiger partial charge in [0.25, 0.3) is 17.8 Å². The quantitative estimate of drug-likeness (QED) is 0.0198. The zero-order chi connectivity index (χ0) is 45.7. The third-order valence-corrected chi connectivity index (χ3v) is 9.76. The van der Waals surface area contributed by atoms with E-state index in [4.69, 9.17) is 26.8 Å². The van der Waals surface area contributed by atoms with Crippen LogP contribution in [0.4, 0.5) is 0 Å². The lowest BCUT2D eigenvalue weighted by atomic mass is 9.90. The van der Waals surface area contributed by atoms with Crippen LogP contribution < -0.4 is 20.7 Å². The zero-order valence-corrected chi connectivity index (χ0v) is 35.7. The first kappa shape index (κ1) is 48.7. The highest BCUT2D eigenvalue weighted by Crippen LogP contribution is 2.30. The van der Waals surface area contributed by atoms with Gasteiger partial charge in [-0.25, -0.2) is 9.59 Å². The number of esters is 1. The maximum absolute atomic E-state index is 13.7. The molecule has 0 saturated carbocycles. The van der Waals surface area contributed by atoms with Gasteiger partial charge in [-0.15, -0.1) is 10.2 Å². The van der Waals surface area contributed by atoms with Gasteiger partial charge < -0.3 is 39.3 Å². The van der Waals surface area contributed by atoms with Crippen molar-refractivity contribution in [3.63, 3.8) is 0 Å². The van der Waals surface area contributed by atoms with E-state index >= 15 is 0 Å². The minimum atomic E-state index is -1.38. The number of furan rings is 1. The number of hydrogen-bond donors (Lipinski definition) is 3. The molecule has 2 heterocycles. The highest BCUT2D eigenvalue weighted by Gasteiger charge is 2.34. The molecule has 0 spiro atoms. The van der Waals surface area contributed by atoms with E-state index in [2.05, 4.69) is 30.8 Å². The molecule has 0 aliphatic rings. The van der Waals surface area contributed by atoms with Crippen molar-refractivity contribution >= 4 is 50.1 Å². The van der Waals surface area contributed by atoms with E-state index in [0.717, 1.165) is 24.3 Å². The second-order valence-corrected chi connectivity index (χ2v) is 14.1. The summed E-state index contributed by atoms with van der Waals surface area (Å²) in [4.78, 5) is 95.7. The molecule has 3 atom stereocenters. The van der Waals surface area contributed by atoms with Crippen LogP contribution in [-0.2, 0) is 33.4 Å². The van der Waals surface area contributed by atoms with Crippen LogP contribution in [0.15, 0.2) is 71.7 Å². The molecule has 20 heteroatoms. The Bertz CT molecular complexity index is 2150. The van der Waals surface area contributed by atoms with Gasteiger partial charge in [-0.2, -0.15) is 5.06 Å². The lowest BCUT2D eigenvalue weighted by Gasteiger charge is -2.31. The first-order valence-corrected chi connectivity index (χ1v) is 20.7.